The molecule has 1 aliphatic heterocycles. The largest absolute Gasteiger partial charge is 0.490 e. The summed E-state index contributed by atoms with van der Waals surface area (Å²) in [6.45, 7) is 6.67. The second-order valence-corrected chi connectivity index (χ2v) is 7.93. The SMILES string of the molecule is CCOc1cc2c(cc1OCC)CN(C(=O)c1cccc(OCc3cscn3)c1)CC2. The van der Waals surface area contributed by atoms with Crippen LogP contribution in [-0.2, 0) is 19.6 Å². The van der Waals surface area contributed by atoms with Gasteiger partial charge in [-0.2, -0.15) is 0 Å². The lowest BCUT2D eigenvalue weighted by Gasteiger charge is -2.30. The molecule has 0 unspecified atom stereocenters. The third-order valence-corrected chi connectivity index (χ3v) is 5.75. The molecule has 1 amide bonds. The molecule has 0 saturated heterocycles. The molecule has 1 aromatic heterocycles. The highest BCUT2D eigenvalue weighted by Crippen LogP contribution is 2.34. The smallest absolute Gasteiger partial charge is 0.254 e. The second-order valence-electron chi connectivity index (χ2n) is 7.21. The number of carbonyl (C=O) groups excluding carboxylic acids is 1. The summed E-state index contributed by atoms with van der Waals surface area (Å²) in [4.78, 5) is 19.3. The molecule has 4 rings (SSSR count). The van der Waals surface area contributed by atoms with Crippen LogP contribution in [0.2, 0.25) is 0 Å². The van der Waals surface area contributed by atoms with E-state index in [0.717, 1.165) is 29.2 Å². The van der Waals surface area contributed by atoms with Gasteiger partial charge in [0.25, 0.3) is 5.91 Å². The molecule has 0 atom stereocenters. The van der Waals surface area contributed by atoms with Crippen molar-refractivity contribution in [3.8, 4) is 17.2 Å². The number of ether oxygens (including phenoxy) is 3. The standard InChI is InChI=1S/C24H26N2O4S/c1-3-28-22-11-17-8-9-26(13-19(17)12-23(22)29-4-2)24(27)18-6-5-7-21(10-18)30-14-20-15-31-16-25-20/h5-7,10-12,15-16H,3-4,8-9,13-14H2,1-2H3. The third kappa shape index (κ3) is 4.99. The summed E-state index contributed by atoms with van der Waals surface area (Å²) in [6, 6.07) is 11.4. The summed E-state index contributed by atoms with van der Waals surface area (Å²) in [7, 11) is 0. The van der Waals surface area contributed by atoms with Gasteiger partial charge in [-0.05, 0) is 61.7 Å². The van der Waals surface area contributed by atoms with Crippen molar-refractivity contribution >= 4 is 17.2 Å². The molecule has 0 aliphatic carbocycles. The molecule has 3 aromatic rings. The third-order valence-electron chi connectivity index (χ3n) is 5.12. The lowest BCUT2D eigenvalue weighted by atomic mass is 9.98. The molecule has 162 valence electrons. The van der Waals surface area contributed by atoms with Gasteiger partial charge in [0.2, 0.25) is 0 Å². The van der Waals surface area contributed by atoms with Crippen LogP contribution in [0.15, 0.2) is 47.3 Å². The van der Waals surface area contributed by atoms with Crippen molar-refractivity contribution < 1.29 is 19.0 Å². The van der Waals surface area contributed by atoms with Crippen LogP contribution in [0.25, 0.3) is 0 Å². The van der Waals surface area contributed by atoms with Gasteiger partial charge in [-0.3, -0.25) is 4.79 Å². The summed E-state index contributed by atoms with van der Waals surface area (Å²) in [5.41, 5.74) is 5.58. The quantitative estimate of drug-likeness (QED) is 0.509. The summed E-state index contributed by atoms with van der Waals surface area (Å²) < 4.78 is 17.3. The molecular weight excluding hydrogens is 412 g/mol. The Balaban J connectivity index is 1.48. The maximum Gasteiger partial charge on any atom is 0.254 e. The molecule has 31 heavy (non-hydrogen) atoms. The van der Waals surface area contributed by atoms with E-state index < -0.39 is 0 Å². The van der Waals surface area contributed by atoms with E-state index >= 15 is 0 Å². The van der Waals surface area contributed by atoms with Gasteiger partial charge in [0, 0.05) is 24.0 Å². The van der Waals surface area contributed by atoms with Gasteiger partial charge < -0.3 is 19.1 Å². The molecule has 7 heteroatoms. The summed E-state index contributed by atoms with van der Waals surface area (Å²) in [6.07, 6.45) is 0.785. The average Bonchev–Trinajstić information content (AvgIpc) is 3.31. The first-order valence-electron chi connectivity index (χ1n) is 10.5. The van der Waals surface area contributed by atoms with E-state index in [9.17, 15) is 4.79 Å². The van der Waals surface area contributed by atoms with E-state index in [1.165, 1.54) is 16.9 Å². The van der Waals surface area contributed by atoms with Crippen LogP contribution in [0.5, 0.6) is 17.2 Å². The van der Waals surface area contributed by atoms with Crippen molar-refractivity contribution in [2.45, 2.75) is 33.4 Å². The zero-order chi connectivity index (χ0) is 21.6. The first-order chi connectivity index (χ1) is 15.2. The van der Waals surface area contributed by atoms with Crippen LogP contribution in [0.4, 0.5) is 0 Å². The Labute approximate surface area is 186 Å². The molecule has 0 fully saturated rings. The van der Waals surface area contributed by atoms with Gasteiger partial charge in [-0.1, -0.05) is 6.07 Å². The van der Waals surface area contributed by atoms with Crippen molar-refractivity contribution in [2.75, 3.05) is 19.8 Å². The van der Waals surface area contributed by atoms with Gasteiger partial charge >= 0.3 is 0 Å². The lowest BCUT2D eigenvalue weighted by molar-refractivity contribution is 0.0734. The van der Waals surface area contributed by atoms with Crippen LogP contribution < -0.4 is 14.2 Å². The topological polar surface area (TPSA) is 60.9 Å². The van der Waals surface area contributed by atoms with Gasteiger partial charge in [0.15, 0.2) is 11.5 Å². The number of carbonyl (C=O) groups is 1. The Morgan fingerprint density at radius 3 is 2.55 bits per heavy atom. The molecule has 1 aliphatic rings. The Kier molecular flexibility index (Phi) is 6.72. The predicted octanol–water partition coefficient (Wildman–Crippen LogP) is 4.72. The van der Waals surface area contributed by atoms with E-state index in [4.69, 9.17) is 14.2 Å². The van der Waals surface area contributed by atoms with Crippen LogP contribution in [0.1, 0.15) is 41.0 Å². The maximum absolute atomic E-state index is 13.2. The minimum absolute atomic E-state index is 0.00315. The van der Waals surface area contributed by atoms with Gasteiger partial charge in [-0.15, -0.1) is 11.3 Å². The summed E-state index contributed by atoms with van der Waals surface area (Å²) >= 11 is 1.53. The Hall–Kier alpha value is -3.06. The molecule has 0 bridgehead atoms. The molecule has 0 saturated carbocycles. The monoisotopic (exact) mass is 438 g/mol. The number of amides is 1. The Morgan fingerprint density at radius 2 is 1.84 bits per heavy atom. The molecule has 0 radical (unpaired) electrons. The fourth-order valence-corrected chi connectivity index (χ4v) is 4.18. The fourth-order valence-electron chi connectivity index (χ4n) is 3.64. The predicted molar refractivity (Wildman–Crippen MR) is 120 cm³/mol. The summed E-state index contributed by atoms with van der Waals surface area (Å²) in [5, 5.41) is 1.95. The number of fused-ring (bicyclic) bond motifs is 1. The highest BCUT2D eigenvalue weighted by Gasteiger charge is 2.24. The molecule has 2 aromatic carbocycles. The Bertz CT molecular complexity index is 1040. The lowest BCUT2D eigenvalue weighted by Crippen LogP contribution is -2.36. The number of nitrogens with zero attached hydrogens (tertiary/aromatic N) is 2. The molecule has 6 nitrogen and oxygen atoms in total. The van der Waals surface area contributed by atoms with Crippen LogP contribution >= 0.6 is 11.3 Å². The van der Waals surface area contributed by atoms with Crippen molar-refractivity contribution in [3.05, 3.63) is 69.7 Å². The van der Waals surface area contributed by atoms with Crippen LogP contribution in [0, 0.1) is 0 Å². The van der Waals surface area contributed by atoms with Crippen molar-refractivity contribution in [2.24, 2.45) is 0 Å². The van der Waals surface area contributed by atoms with E-state index in [2.05, 4.69) is 11.1 Å². The number of hydrogen-bond donors (Lipinski definition) is 0. The van der Waals surface area contributed by atoms with Crippen molar-refractivity contribution in [1.82, 2.24) is 9.88 Å². The van der Waals surface area contributed by atoms with Gasteiger partial charge in [-0.25, -0.2) is 4.98 Å². The first kappa shape index (κ1) is 21.2. The van der Waals surface area contributed by atoms with E-state index in [1.54, 1.807) is 11.6 Å². The number of rotatable bonds is 8. The summed E-state index contributed by atoms with van der Waals surface area (Å²) in [5.74, 6) is 2.16. The van der Waals surface area contributed by atoms with E-state index in [0.29, 0.717) is 44.2 Å². The zero-order valence-electron chi connectivity index (χ0n) is 17.8. The Morgan fingerprint density at radius 1 is 1.06 bits per heavy atom. The zero-order valence-corrected chi connectivity index (χ0v) is 18.6. The van der Waals surface area contributed by atoms with Gasteiger partial charge in [0.05, 0.1) is 24.4 Å². The van der Waals surface area contributed by atoms with Crippen molar-refractivity contribution in [1.29, 1.82) is 0 Å². The van der Waals surface area contributed by atoms with E-state index in [-0.39, 0.29) is 5.91 Å². The highest BCUT2D eigenvalue weighted by molar-refractivity contribution is 7.07. The molecule has 0 spiro atoms. The number of thiazole rings is 1. The van der Waals surface area contributed by atoms with Crippen LogP contribution in [0.3, 0.4) is 0 Å². The number of benzene rings is 2. The average molecular weight is 439 g/mol. The minimum atomic E-state index is -0.00315. The highest BCUT2D eigenvalue weighted by atomic mass is 32.1. The van der Waals surface area contributed by atoms with Crippen molar-refractivity contribution in [3.63, 3.8) is 0 Å². The fraction of sp³-hybridized carbons (Fsp3) is 0.333. The minimum Gasteiger partial charge on any atom is -0.490 e. The van der Waals surface area contributed by atoms with Crippen LogP contribution in [-0.4, -0.2) is 35.5 Å². The molecular formula is C24H26N2O4S. The number of hydrogen-bond acceptors (Lipinski definition) is 6. The molecule has 2 heterocycles. The second kappa shape index (κ2) is 9.83. The normalized spacial score (nSPS) is 12.9. The van der Waals surface area contributed by atoms with Gasteiger partial charge in [0.1, 0.15) is 12.4 Å². The maximum atomic E-state index is 13.2. The number of aromatic nitrogens is 1. The molecule has 0 N–H and O–H groups in total. The first-order valence-corrected chi connectivity index (χ1v) is 11.4. The van der Waals surface area contributed by atoms with E-state index in [1.807, 2.05) is 48.4 Å².